The highest BCUT2D eigenvalue weighted by Crippen LogP contribution is 2.33. The molecule has 0 radical (unpaired) electrons. The number of aromatic nitrogens is 1. The van der Waals surface area contributed by atoms with Gasteiger partial charge in [0.25, 0.3) is 0 Å². The Morgan fingerprint density at radius 2 is 1.78 bits per heavy atom. The summed E-state index contributed by atoms with van der Waals surface area (Å²) in [6, 6.07) is 18.1. The monoisotopic (exact) mass is 380 g/mol. The minimum atomic E-state index is -0.559. The molecule has 1 aromatic heterocycles. The van der Waals surface area contributed by atoms with E-state index in [0.29, 0.717) is 41.1 Å². The molecule has 2 aromatic carbocycles. The summed E-state index contributed by atoms with van der Waals surface area (Å²) in [6.07, 6.45) is 1.68. The summed E-state index contributed by atoms with van der Waals surface area (Å²) in [5.41, 5.74) is 2.11. The first-order valence-electron chi connectivity index (χ1n) is 8.57. The number of carbonyl (C=O) groups excluding carboxylic acids is 1. The molecule has 1 N–H and O–H groups in total. The van der Waals surface area contributed by atoms with Crippen molar-refractivity contribution in [2.24, 2.45) is 0 Å². The number of ether oxygens (including phenoxy) is 2. The maximum absolute atomic E-state index is 13.1. The second-order valence-corrected chi connectivity index (χ2v) is 6.52. The lowest BCUT2D eigenvalue weighted by Crippen LogP contribution is -2.23. The maximum atomic E-state index is 13.1. The molecule has 1 unspecified atom stereocenters. The van der Waals surface area contributed by atoms with E-state index in [4.69, 9.17) is 21.1 Å². The SMILES string of the molecule is O=C(Nc1ccc2c(c1)OCCO2)C(c1ccc(Cl)cc1)c1ccccn1. The molecule has 0 saturated heterocycles. The quantitative estimate of drug-likeness (QED) is 0.734. The molecule has 1 amide bonds. The minimum absolute atomic E-state index is 0.187. The maximum Gasteiger partial charge on any atom is 0.237 e. The second-order valence-electron chi connectivity index (χ2n) is 6.09. The summed E-state index contributed by atoms with van der Waals surface area (Å²) >= 11 is 6.00. The summed E-state index contributed by atoms with van der Waals surface area (Å²) in [6.45, 7) is 1.02. The smallest absolute Gasteiger partial charge is 0.237 e. The molecule has 136 valence electrons. The van der Waals surface area contributed by atoms with Gasteiger partial charge in [-0.1, -0.05) is 29.8 Å². The van der Waals surface area contributed by atoms with Gasteiger partial charge in [-0.3, -0.25) is 9.78 Å². The van der Waals surface area contributed by atoms with E-state index >= 15 is 0 Å². The number of hydrogen-bond acceptors (Lipinski definition) is 4. The molecule has 6 heteroatoms. The number of pyridine rings is 1. The zero-order valence-electron chi connectivity index (χ0n) is 14.4. The number of nitrogens with one attached hydrogen (secondary N) is 1. The summed E-state index contributed by atoms with van der Waals surface area (Å²) in [5, 5.41) is 3.57. The van der Waals surface area contributed by atoms with Gasteiger partial charge in [0, 0.05) is 23.0 Å². The Kier molecular flexibility index (Phi) is 4.94. The molecule has 2 heterocycles. The lowest BCUT2D eigenvalue weighted by Gasteiger charge is -2.20. The highest BCUT2D eigenvalue weighted by Gasteiger charge is 2.24. The van der Waals surface area contributed by atoms with Crippen LogP contribution in [0.5, 0.6) is 11.5 Å². The average Bonchev–Trinajstić information content (AvgIpc) is 2.70. The van der Waals surface area contributed by atoms with Gasteiger partial charge in [0.05, 0.1) is 5.69 Å². The van der Waals surface area contributed by atoms with Crippen LogP contribution in [0, 0.1) is 0 Å². The van der Waals surface area contributed by atoms with Crippen molar-refractivity contribution < 1.29 is 14.3 Å². The third-order valence-corrected chi connectivity index (χ3v) is 4.51. The van der Waals surface area contributed by atoms with Crippen LogP contribution < -0.4 is 14.8 Å². The number of amides is 1. The Hall–Kier alpha value is -3.05. The Balaban J connectivity index is 1.64. The van der Waals surface area contributed by atoms with Crippen molar-refractivity contribution in [3.63, 3.8) is 0 Å². The van der Waals surface area contributed by atoms with Crippen molar-refractivity contribution in [1.29, 1.82) is 0 Å². The minimum Gasteiger partial charge on any atom is -0.486 e. The number of hydrogen-bond donors (Lipinski definition) is 1. The van der Waals surface area contributed by atoms with Crippen molar-refractivity contribution in [2.45, 2.75) is 5.92 Å². The molecule has 1 aliphatic heterocycles. The molecule has 1 aliphatic rings. The number of halogens is 1. The largest absolute Gasteiger partial charge is 0.486 e. The van der Waals surface area contributed by atoms with Crippen LogP contribution in [0.3, 0.4) is 0 Å². The Morgan fingerprint density at radius 3 is 2.52 bits per heavy atom. The number of carbonyl (C=O) groups is 1. The lowest BCUT2D eigenvalue weighted by molar-refractivity contribution is -0.116. The van der Waals surface area contributed by atoms with E-state index in [-0.39, 0.29) is 5.91 Å². The first-order valence-corrected chi connectivity index (χ1v) is 8.95. The van der Waals surface area contributed by atoms with Gasteiger partial charge < -0.3 is 14.8 Å². The first kappa shape index (κ1) is 17.4. The molecule has 0 fully saturated rings. The van der Waals surface area contributed by atoms with Crippen molar-refractivity contribution in [1.82, 2.24) is 4.98 Å². The molecule has 0 spiro atoms. The highest BCUT2D eigenvalue weighted by molar-refractivity contribution is 6.30. The van der Waals surface area contributed by atoms with E-state index in [9.17, 15) is 4.79 Å². The van der Waals surface area contributed by atoms with Crippen molar-refractivity contribution in [3.05, 3.63) is 83.1 Å². The number of anilines is 1. The fourth-order valence-corrected chi connectivity index (χ4v) is 3.12. The fraction of sp³-hybridized carbons (Fsp3) is 0.143. The summed E-state index contributed by atoms with van der Waals surface area (Å²) in [4.78, 5) is 17.5. The summed E-state index contributed by atoms with van der Waals surface area (Å²) in [7, 11) is 0. The van der Waals surface area contributed by atoms with Gasteiger partial charge in [0.15, 0.2) is 11.5 Å². The molecule has 27 heavy (non-hydrogen) atoms. The average molecular weight is 381 g/mol. The standard InChI is InChI=1S/C21H17ClN2O3/c22-15-6-4-14(5-7-15)20(17-3-1-2-10-23-17)21(25)24-16-8-9-18-19(13-16)27-12-11-26-18/h1-10,13,20H,11-12H2,(H,24,25). The molecule has 0 saturated carbocycles. The van der Waals surface area contributed by atoms with Crippen molar-refractivity contribution >= 4 is 23.2 Å². The van der Waals surface area contributed by atoms with Crippen LogP contribution >= 0.6 is 11.6 Å². The van der Waals surface area contributed by atoms with Crippen LogP contribution in [0.4, 0.5) is 5.69 Å². The van der Waals surface area contributed by atoms with E-state index in [1.165, 1.54) is 0 Å². The first-order chi connectivity index (χ1) is 13.2. The normalized spacial score (nSPS) is 13.7. The predicted molar refractivity (Wildman–Crippen MR) is 104 cm³/mol. The number of nitrogens with zero attached hydrogens (tertiary/aromatic N) is 1. The van der Waals surface area contributed by atoms with E-state index < -0.39 is 5.92 Å². The lowest BCUT2D eigenvalue weighted by atomic mass is 9.94. The van der Waals surface area contributed by atoms with Crippen LogP contribution in [0.1, 0.15) is 17.2 Å². The second kappa shape index (κ2) is 7.68. The summed E-state index contributed by atoms with van der Waals surface area (Å²) < 4.78 is 11.1. The zero-order chi connectivity index (χ0) is 18.6. The Labute approximate surface area is 161 Å². The highest BCUT2D eigenvalue weighted by atomic mass is 35.5. The van der Waals surface area contributed by atoms with Gasteiger partial charge in [-0.2, -0.15) is 0 Å². The summed E-state index contributed by atoms with van der Waals surface area (Å²) in [5.74, 6) is 0.558. The number of fused-ring (bicyclic) bond motifs is 1. The Morgan fingerprint density at radius 1 is 1.00 bits per heavy atom. The fourth-order valence-electron chi connectivity index (χ4n) is 2.99. The molecule has 4 rings (SSSR count). The number of benzene rings is 2. The van der Waals surface area contributed by atoms with Crippen molar-refractivity contribution in [2.75, 3.05) is 18.5 Å². The van der Waals surface area contributed by atoms with Crippen LogP contribution in [0.2, 0.25) is 5.02 Å². The van der Waals surface area contributed by atoms with Crippen LogP contribution in [0.15, 0.2) is 66.9 Å². The third kappa shape index (κ3) is 3.88. The van der Waals surface area contributed by atoms with Crippen molar-refractivity contribution in [3.8, 4) is 11.5 Å². The van der Waals surface area contributed by atoms with Gasteiger partial charge in [0.2, 0.25) is 5.91 Å². The van der Waals surface area contributed by atoms with Crippen LogP contribution in [-0.2, 0) is 4.79 Å². The van der Waals surface area contributed by atoms with Gasteiger partial charge in [-0.25, -0.2) is 0 Å². The molecular weight excluding hydrogens is 364 g/mol. The van der Waals surface area contributed by atoms with Gasteiger partial charge >= 0.3 is 0 Å². The molecule has 3 aromatic rings. The topological polar surface area (TPSA) is 60.5 Å². The Bertz CT molecular complexity index is 945. The van der Waals surface area contributed by atoms with E-state index in [1.54, 1.807) is 36.5 Å². The molecule has 0 aliphatic carbocycles. The van der Waals surface area contributed by atoms with E-state index in [0.717, 1.165) is 5.56 Å². The van der Waals surface area contributed by atoms with Crippen LogP contribution in [-0.4, -0.2) is 24.1 Å². The third-order valence-electron chi connectivity index (χ3n) is 4.26. The van der Waals surface area contributed by atoms with E-state index in [1.807, 2.05) is 30.3 Å². The molecule has 5 nitrogen and oxygen atoms in total. The predicted octanol–water partition coefficient (Wildman–Crippen LogP) is 4.28. The van der Waals surface area contributed by atoms with Gasteiger partial charge in [-0.05, 0) is 42.0 Å². The molecule has 0 bridgehead atoms. The van der Waals surface area contributed by atoms with Gasteiger partial charge in [-0.15, -0.1) is 0 Å². The van der Waals surface area contributed by atoms with Gasteiger partial charge in [0.1, 0.15) is 19.1 Å². The molecular formula is C21H17ClN2O3. The van der Waals surface area contributed by atoms with Crippen LogP contribution in [0.25, 0.3) is 0 Å². The zero-order valence-corrected chi connectivity index (χ0v) is 15.1. The molecule has 1 atom stereocenters. The number of rotatable bonds is 4. The van der Waals surface area contributed by atoms with E-state index in [2.05, 4.69) is 10.3 Å².